The first-order chi connectivity index (χ1) is 8.84. The van der Waals surface area contributed by atoms with Gasteiger partial charge in [-0.3, -0.25) is 4.79 Å². The smallest absolute Gasteiger partial charge is 0.231 e. The van der Waals surface area contributed by atoms with Crippen molar-refractivity contribution in [1.82, 2.24) is 0 Å². The third kappa shape index (κ3) is 2.18. The molecule has 18 heavy (non-hydrogen) atoms. The van der Waals surface area contributed by atoms with E-state index in [-0.39, 0.29) is 11.8 Å². The highest BCUT2D eigenvalue weighted by atomic mass is 32.1. The first-order valence-corrected chi connectivity index (χ1v) is 7.15. The van der Waals surface area contributed by atoms with Gasteiger partial charge in [0.05, 0.1) is 5.92 Å². The second kappa shape index (κ2) is 4.94. The van der Waals surface area contributed by atoms with Crippen LogP contribution in [0.2, 0.25) is 0 Å². The predicted molar refractivity (Wildman–Crippen MR) is 75.1 cm³/mol. The number of anilines is 1. The Balaban J connectivity index is 1.79. The molecule has 92 valence electrons. The maximum atomic E-state index is 12.3. The second-order valence-corrected chi connectivity index (χ2v) is 5.60. The first kappa shape index (κ1) is 11.5. The molecule has 2 nitrogen and oxygen atoms in total. The third-order valence-electron chi connectivity index (χ3n) is 3.41. The molecule has 1 N–H and O–H groups in total. The Kier molecular flexibility index (Phi) is 3.15. The lowest BCUT2D eigenvalue weighted by Gasteiger charge is -2.21. The molecule has 0 saturated heterocycles. The van der Waals surface area contributed by atoms with E-state index in [1.165, 1.54) is 10.4 Å². The monoisotopic (exact) mass is 257 g/mol. The topological polar surface area (TPSA) is 29.1 Å². The van der Waals surface area contributed by atoms with Gasteiger partial charge in [-0.15, -0.1) is 11.3 Å². The fraction of sp³-hybridized carbons (Fsp3) is 0.267. The molecular formula is C15H15NOS. The number of hydrogen-bond donors (Lipinski definition) is 1. The lowest BCUT2D eigenvalue weighted by atomic mass is 9.87. The van der Waals surface area contributed by atoms with Gasteiger partial charge < -0.3 is 5.32 Å². The normalized spacial score (nSPS) is 18.1. The van der Waals surface area contributed by atoms with Crippen LogP contribution in [0.5, 0.6) is 0 Å². The summed E-state index contributed by atoms with van der Waals surface area (Å²) in [4.78, 5) is 13.7. The van der Waals surface area contributed by atoms with Gasteiger partial charge in [-0.25, -0.2) is 0 Å². The number of amides is 1. The van der Waals surface area contributed by atoms with E-state index in [2.05, 4.69) is 16.8 Å². The summed E-state index contributed by atoms with van der Waals surface area (Å²) < 4.78 is 0. The van der Waals surface area contributed by atoms with Crippen molar-refractivity contribution in [2.45, 2.75) is 25.2 Å². The van der Waals surface area contributed by atoms with Gasteiger partial charge in [0.15, 0.2) is 0 Å². The van der Waals surface area contributed by atoms with Crippen molar-refractivity contribution in [3.05, 3.63) is 52.2 Å². The quantitative estimate of drug-likeness (QED) is 0.871. The van der Waals surface area contributed by atoms with Crippen molar-refractivity contribution in [3.63, 3.8) is 0 Å². The van der Waals surface area contributed by atoms with Crippen molar-refractivity contribution in [1.29, 1.82) is 0 Å². The zero-order valence-corrected chi connectivity index (χ0v) is 10.9. The summed E-state index contributed by atoms with van der Waals surface area (Å²) in [7, 11) is 0. The van der Waals surface area contributed by atoms with Crippen molar-refractivity contribution in [3.8, 4) is 0 Å². The average Bonchev–Trinajstić information content (AvgIpc) is 2.87. The van der Waals surface area contributed by atoms with Gasteiger partial charge in [-0.05, 0) is 48.4 Å². The zero-order chi connectivity index (χ0) is 12.4. The fourth-order valence-corrected chi connectivity index (χ4v) is 3.50. The van der Waals surface area contributed by atoms with Crippen LogP contribution in [0, 0.1) is 0 Å². The molecule has 1 aliphatic rings. The summed E-state index contributed by atoms with van der Waals surface area (Å²) in [6.45, 7) is 0. The molecule has 1 amide bonds. The standard InChI is InChI=1S/C15H15NOS/c17-15(16-11-5-2-1-3-6-11)13-7-4-8-14-12(13)9-10-18-14/h1-3,5-6,9-10,13H,4,7-8H2,(H,16,17). The average molecular weight is 257 g/mol. The van der Waals surface area contributed by atoms with Crippen LogP contribution in [0.25, 0.3) is 0 Å². The minimum atomic E-state index is 0.0280. The van der Waals surface area contributed by atoms with Gasteiger partial charge in [-0.2, -0.15) is 0 Å². The summed E-state index contributed by atoms with van der Waals surface area (Å²) in [5, 5.41) is 5.10. The lowest BCUT2D eigenvalue weighted by Crippen LogP contribution is -2.23. The van der Waals surface area contributed by atoms with Gasteiger partial charge in [0.2, 0.25) is 5.91 Å². The molecule has 1 heterocycles. The number of nitrogens with one attached hydrogen (secondary N) is 1. The highest BCUT2D eigenvalue weighted by molar-refractivity contribution is 7.10. The summed E-state index contributed by atoms with van der Waals surface area (Å²) >= 11 is 1.77. The van der Waals surface area contributed by atoms with Crippen molar-refractivity contribution in [2.75, 3.05) is 5.32 Å². The Morgan fingerprint density at radius 3 is 2.89 bits per heavy atom. The van der Waals surface area contributed by atoms with E-state index in [0.717, 1.165) is 24.9 Å². The highest BCUT2D eigenvalue weighted by Crippen LogP contribution is 2.35. The van der Waals surface area contributed by atoms with E-state index in [9.17, 15) is 4.79 Å². The minimum Gasteiger partial charge on any atom is -0.326 e. The van der Waals surface area contributed by atoms with E-state index in [1.54, 1.807) is 11.3 Å². The SMILES string of the molecule is O=C(Nc1ccccc1)C1CCCc2sccc21. The maximum absolute atomic E-state index is 12.3. The molecule has 1 unspecified atom stereocenters. The van der Waals surface area contributed by atoms with Crippen LogP contribution in [0.3, 0.4) is 0 Å². The Labute approximate surface area is 111 Å². The van der Waals surface area contributed by atoms with Crippen LogP contribution in [0.4, 0.5) is 5.69 Å². The Morgan fingerprint density at radius 2 is 2.06 bits per heavy atom. The summed E-state index contributed by atoms with van der Waals surface area (Å²) in [5.74, 6) is 0.153. The number of hydrogen-bond acceptors (Lipinski definition) is 2. The summed E-state index contributed by atoms with van der Waals surface area (Å²) in [5.41, 5.74) is 2.12. The van der Waals surface area contributed by atoms with E-state index < -0.39 is 0 Å². The molecule has 2 aromatic rings. The molecule has 1 atom stereocenters. The molecule has 0 saturated carbocycles. The van der Waals surface area contributed by atoms with Gasteiger partial charge in [0.1, 0.15) is 0 Å². The van der Waals surface area contributed by atoms with Crippen LogP contribution < -0.4 is 5.32 Å². The fourth-order valence-electron chi connectivity index (χ4n) is 2.51. The zero-order valence-electron chi connectivity index (χ0n) is 10.1. The lowest BCUT2D eigenvalue weighted by molar-refractivity contribution is -0.117. The highest BCUT2D eigenvalue weighted by Gasteiger charge is 2.27. The Morgan fingerprint density at radius 1 is 1.22 bits per heavy atom. The largest absolute Gasteiger partial charge is 0.326 e. The molecule has 0 spiro atoms. The molecular weight excluding hydrogens is 242 g/mol. The number of carbonyl (C=O) groups excluding carboxylic acids is 1. The number of aryl methyl sites for hydroxylation is 1. The molecule has 1 aromatic heterocycles. The van der Waals surface area contributed by atoms with Crippen molar-refractivity contribution in [2.24, 2.45) is 0 Å². The van der Waals surface area contributed by atoms with Crippen LogP contribution in [-0.2, 0) is 11.2 Å². The van der Waals surface area contributed by atoms with E-state index in [0.29, 0.717) is 0 Å². The van der Waals surface area contributed by atoms with Crippen LogP contribution in [-0.4, -0.2) is 5.91 Å². The molecule has 0 radical (unpaired) electrons. The van der Waals surface area contributed by atoms with E-state index in [1.807, 2.05) is 30.3 Å². The van der Waals surface area contributed by atoms with Crippen LogP contribution in [0.1, 0.15) is 29.2 Å². The molecule has 1 aliphatic carbocycles. The van der Waals surface area contributed by atoms with Gasteiger partial charge in [-0.1, -0.05) is 18.2 Å². The van der Waals surface area contributed by atoms with Crippen molar-refractivity contribution >= 4 is 22.9 Å². The van der Waals surface area contributed by atoms with Crippen LogP contribution >= 0.6 is 11.3 Å². The van der Waals surface area contributed by atoms with E-state index in [4.69, 9.17) is 0 Å². The molecule has 0 fully saturated rings. The van der Waals surface area contributed by atoms with Gasteiger partial charge >= 0.3 is 0 Å². The number of fused-ring (bicyclic) bond motifs is 1. The number of benzene rings is 1. The van der Waals surface area contributed by atoms with E-state index >= 15 is 0 Å². The third-order valence-corrected chi connectivity index (χ3v) is 4.41. The number of para-hydroxylation sites is 1. The minimum absolute atomic E-state index is 0.0280. The predicted octanol–water partition coefficient (Wildman–Crippen LogP) is 3.81. The molecule has 0 bridgehead atoms. The van der Waals surface area contributed by atoms with Gasteiger partial charge in [0, 0.05) is 10.6 Å². The summed E-state index contributed by atoms with van der Waals surface area (Å²) in [6, 6.07) is 11.8. The number of carbonyl (C=O) groups is 1. The number of thiophene rings is 1. The first-order valence-electron chi connectivity index (χ1n) is 6.27. The molecule has 0 aliphatic heterocycles. The summed E-state index contributed by atoms with van der Waals surface area (Å²) in [6.07, 6.45) is 3.20. The molecule has 3 heteroatoms. The van der Waals surface area contributed by atoms with Gasteiger partial charge in [0.25, 0.3) is 0 Å². The second-order valence-electron chi connectivity index (χ2n) is 4.60. The maximum Gasteiger partial charge on any atom is 0.231 e. The molecule has 1 aromatic carbocycles. The number of rotatable bonds is 2. The Bertz CT molecular complexity index is 547. The van der Waals surface area contributed by atoms with Crippen molar-refractivity contribution < 1.29 is 4.79 Å². The van der Waals surface area contributed by atoms with Crippen LogP contribution in [0.15, 0.2) is 41.8 Å². The molecule has 3 rings (SSSR count). The Hall–Kier alpha value is -1.61.